The Labute approximate surface area is 143 Å². The number of ether oxygens (including phenoxy) is 2. The summed E-state index contributed by atoms with van der Waals surface area (Å²) in [4.78, 5) is 0. The third kappa shape index (κ3) is 4.11. The van der Waals surface area contributed by atoms with Crippen LogP contribution in [0.15, 0.2) is 42.5 Å². The molecule has 0 saturated carbocycles. The third-order valence-corrected chi connectivity index (χ3v) is 4.52. The highest BCUT2D eigenvalue weighted by Crippen LogP contribution is 2.24. The van der Waals surface area contributed by atoms with Gasteiger partial charge >= 0.3 is 0 Å². The van der Waals surface area contributed by atoms with Gasteiger partial charge in [-0.2, -0.15) is 0 Å². The predicted octanol–water partition coefficient (Wildman–Crippen LogP) is 5.05. The molecule has 0 N–H and O–H groups in total. The lowest BCUT2D eigenvalue weighted by molar-refractivity contribution is -0.0390. The highest BCUT2D eigenvalue weighted by atomic mass is 127. The van der Waals surface area contributed by atoms with Crippen LogP contribution in [0.1, 0.15) is 24.0 Å². The maximum atomic E-state index is 6.25. The van der Waals surface area contributed by atoms with E-state index in [4.69, 9.17) is 21.1 Å². The van der Waals surface area contributed by atoms with Crippen LogP contribution in [-0.2, 0) is 11.2 Å². The number of rotatable bonds is 4. The summed E-state index contributed by atoms with van der Waals surface area (Å²) in [6.45, 7) is 0.799. The molecule has 2 aromatic carbocycles. The van der Waals surface area contributed by atoms with Crippen LogP contribution in [0.4, 0.5) is 0 Å². The van der Waals surface area contributed by atoms with E-state index in [9.17, 15) is 0 Å². The van der Waals surface area contributed by atoms with Gasteiger partial charge in [0.15, 0.2) is 6.29 Å². The van der Waals surface area contributed by atoms with Gasteiger partial charge in [0, 0.05) is 15.0 Å². The van der Waals surface area contributed by atoms with Crippen molar-refractivity contribution in [3.8, 4) is 5.75 Å². The van der Waals surface area contributed by atoms with Crippen LogP contribution in [0.5, 0.6) is 5.75 Å². The van der Waals surface area contributed by atoms with Gasteiger partial charge in [0.25, 0.3) is 0 Å². The Morgan fingerprint density at radius 1 is 1.19 bits per heavy atom. The Morgan fingerprint density at radius 2 is 2.00 bits per heavy atom. The van der Waals surface area contributed by atoms with E-state index in [1.807, 2.05) is 24.3 Å². The van der Waals surface area contributed by atoms with Crippen molar-refractivity contribution in [2.75, 3.05) is 6.61 Å². The molecule has 0 spiro atoms. The van der Waals surface area contributed by atoms with Crippen LogP contribution in [0, 0.1) is 3.57 Å². The molecule has 0 aromatic heterocycles. The van der Waals surface area contributed by atoms with Gasteiger partial charge in [0.2, 0.25) is 0 Å². The van der Waals surface area contributed by atoms with Crippen molar-refractivity contribution in [3.05, 3.63) is 62.2 Å². The molecular formula is C17H16ClIO2. The predicted molar refractivity (Wildman–Crippen MR) is 93.0 cm³/mol. The van der Waals surface area contributed by atoms with Crippen LogP contribution < -0.4 is 4.74 Å². The van der Waals surface area contributed by atoms with Crippen LogP contribution in [0.3, 0.4) is 0 Å². The van der Waals surface area contributed by atoms with Gasteiger partial charge in [0.05, 0.1) is 6.61 Å². The molecule has 110 valence electrons. The minimum Gasteiger partial charge on any atom is -0.465 e. The highest BCUT2D eigenvalue weighted by molar-refractivity contribution is 14.1. The Hall–Kier alpha value is -0.780. The van der Waals surface area contributed by atoms with E-state index in [2.05, 4.69) is 40.8 Å². The molecule has 1 saturated heterocycles. The lowest BCUT2D eigenvalue weighted by atomic mass is 10.1. The number of halogens is 2. The topological polar surface area (TPSA) is 18.5 Å². The number of hydrogen-bond acceptors (Lipinski definition) is 2. The van der Waals surface area contributed by atoms with E-state index in [0.717, 1.165) is 42.2 Å². The van der Waals surface area contributed by atoms with Crippen molar-refractivity contribution in [2.24, 2.45) is 0 Å². The normalized spacial score (nSPS) is 17.9. The Bertz CT molecular complexity index is 607. The molecule has 21 heavy (non-hydrogen) atoms. The van der Waals surface area contributed by atoms with Gasteiger partial charge in [-0.1, -0.05) is 23.7 Å². The Morgan fingerprint density at radius 3 is 2.71 bits per heavy atom. The van der Waals surface area contributed by atoms with Crippen LogP contribution in [0.25, 0.3) is 0 Å². The maximum absolute atomic E-state index is 6.25. The molecule has 0 aliphatic carbocycles. The Kier molecular flexibility index (Phi) is 5.03. The highest BCUT2D eigenvalue weighted by Gasteiger charge is 2.16. The van der Waals surface area contributed by atoms with Crippen molar-refractivity contribution in [1.29, 1.82) is 0 Å². The molecule has 1 heterocycles. The van der Waals surface area contributed by atoms with Crippen LogP contribution >= 0.6 is 34.2 Å². The Balaban J connectivity index is 1.67. The lowest BCUT2D eigenvalue weighted by Crippen LogP contribution is -2.13. The average Bonchev–Trinajstić information content (AvgIpc) is 2.98. The summed E-state index contributed by atoms with van der Waals surface area (Å²) in [5, 5.41) is 0.815. The first kappa shape index (κ1) is 15.1. The van der Waals surface area contributed by atoms with E-state index >= 15 is 0 Å². The molecule has 4 heteroatoms. The first-order valence-corrected chi connectivity index (χ1v) is 8.47. The zero-order chi connectivity index (χ0) is 14.7. The van der Waals surface area contributed by atoms with E-state index in [1.54, 1.807) is 0 Å². The second-order valence-corrected chi connectivity index (χ2v) is 6.77. The van der Waals surface area contributed by atoms with Crippen molar-refractivity contribution >= 4 is 34.2 Å². The molecule has 2 nitrogen and oxygen atoms in total. The summed E-state index contributed by atoms with van der Waals surface area (Å²) < 4.78 is 12.4. The minimum absolute atomic E-state index is 0.0824. The summed E-state index contributed by atoms with van der Waals surface area (Å²) in [5.41, 5.74) is 2.37. The first-order chi connectivity index (χ1) is 10.2. The van der Waals surface area contributed by atoms with Crippen LogP contribution in [0.2, 0.25) is 5.02 Å². The molecule has 3 rings (SSSR count). The molecule has 1 aliphatic rings. The zero-order valence-electron chi connectivity index (χ0n) is 11.5. The molecule has 1 fully saturated rings. The largest absolute Gasteiger partial charge is 0.465 e. The molecule has 2 aromatic rings. The second kappa shape index (κ2) is 6.99. The SMILES string of the molecule is Clc1ccc(I)cc1Cc1ccc(OC2CCCO2)cc1. The zero-order valence-corrected chi connectivity index (χ0v) is 14.4. The second-order valence-electron chi connectivity index (χ2n) is 5.12. The van der Waals surface area contributed by atoms with E-state index in [0.29, 0.717) is 0 Å². The molecule has 0 bridgehead atoms. The summed E-state index contributed by atoms with van der Waals surface area (Å²) in [7, 11) is 0. The molecule has 1 unspecified atom stereocenters. The van der Waals surface area contributed by atoms with Crippen molar-refractivity contribution in [1.82, 2.24) is 0 Å². The fourth-order valence-corrected chi connectivity index (χ4v) is 3.12. The standard InChI is InChI=1S/C17H16ClIO2/c18-16-8-5-14(19)11-13(16)10-12-3-6-15(7-4-12)21-17-2-1-9-20-17/h3-8,11,17H,1-2,9-10H2. The molecular weight excluding hydrogens is 399 g/mol. The van der Waals surface area contributed by atoms with Gasteiger partial charge in [0.1, 0.15) is 5.75 Å². The number of hydrogen-bond donors (Lipinski definition) is 0. The lowest BCUT2D eigenvalue weighted by Gasteiger charge is -2.13. The molecule has 1 atom stereocenters. The average molecular weight is 415 g/mol. The van der Waals surface area contributed by atoms with Crippen molar-refractivity contribution < 1.29 is 9.47 Å². The van der Waals surface area contributed by atoms with Gasteiger partial charge in [-0.05, 0) is 76.9 Å². The summed E-state index contributed by atoms with van der Waals surface area (Å²) >= 11 is 8.55. The monoisotopic (exact) mass is 414 g/mol. The number of benzene rings is 2. The fourth-order valence-electron chi connectivity index (χ4n) is 2.38. The van der Waals surface area contributed by atoms with E-state index in [1.165, 1.54) is 9.13 Å². The minimum atomic E-state index is -0.0824. The quantitative estimate of drug-likeness (QED) is 0.652. The van der Waals surface area contributed by atoms with Gasteiger partial charge in [-0.25, -0.2) is 0 Å². The third-order valence-electron chi connectivity index (χ3n) is 3.48. The van der Waals surface area contributed by atoms with Crippen molar-refractivity contribution in [3.63, 3.8) is 0 Å². The maximum Gasteiger partial charge on any atom is 0.199 e. The first-order valence-electron chi connectivity index (χ1n) is 7.02. The molecule has 0 radical (unpaired) electrons. The van der Waals surface area contributed by atoms with E-state index in [-0.39, 0.29) is 6.29 Å². The molecule has 1 aliphatic heterocycles. The van der Waals surface area contributed by atoms with Gasteiger partial charge in [-0.3, -0.25) is 0 Å². The van der Waals surface area contributed by atoms with Gasteiger partial charge in [-0.15, -0.1) is 0 Å². The summed E-state index contributed by atoms with van der Waals surface area (Å²) in [6.07, 6.45) is 2.80. The smallest absolute Gasteiger partial charge is 0.199 e. The molecule has 0 amide bonds. The van der Waals surface area contributed by atoms with Crippen molar-refractivity contribution in [2.45, 2.75) is 25.6 Å². The van der Waals surface area contributed by atoms with Crippen LogP contribution in [-0.4, -0.2) is 12.9 Å². The summed E-state index contributed by atoms with van der Waals surface area (Å²) in [5.74, 6) is 0.861. The summed E-state index contributed by atoms with van der Waals surface area (Å²) in [6, 6.07) is 14.3. The van der Waals surface area contributed by atoms with E-state index < -0.39 is 0 Å². The fraction of sp³-hybridized carbons (Fsp3) is 0.294. The van der Waals surface area contributed by atoms with Gasteiger partial charge < -0.3 is 9.47 Å².